The van der Waals surface area contributed by atoms with E-state index in [1.807, 2.05) is 0 Å². The van der Waals surface area contributed by atoms with E-state index in [1.54, 1.807) is 6.07 Å². The highest BCUT2D eigenvalue weighted by molar-refractivity contribution is 9.11. The van der Waals surface area contributed by atoms with Crippen molar-refractivity contribution in [1.82, 2.24) is 0 Å². The van der Waals surface area contributed by atoms with Crippen LogP contribution in [0.1, 0.15) is 10.4 Å². The number of primary amides is 1. The number of carbonyl (C=O) groups excluding carboxylic acids is 1. The molecule has 0 fully saturated rings. The average Bonchev–Trinajstić information content (AvgIpc) is 1.96. The molecule has 64 valence electrons. The minimum absolute atomic E-state index is 0.0938. The molecule has 3 N–H and O–H groups in total. The first kappa shape index (κ1) is 9.54. The van der Waals surface area contributed by atoms with Gasteiger partial charge in [0.25, 0.3) is 5.91 Å². The number of hydrogen-bond acceptors (Lipinski definition) is 2. The SMILES string of the molecule is NC(=O)c1cc(Br)cc(Br)c1O. The van der Waals surface area contributed by atoms with Gasteiger partial charge in [0.1, 0.15) is 5.75 Å². The Morgan fingerprint density at radius 2 is 2.00 bits per heavy atom. The van der Waals surface area contributed by atoms with Crippen LogP contribution in [0.3, 0.4) is 0 Å². The molecule has 12 heavy (non-hydrogen) atoms. The van der Waals surface area contributed by atoms with Gasteiger partial charge in [-0.1, -0.05) is 15.9 Å². The average molecular weight is 295 g/mol. The predicted octanol–water partition coefficient (Wildman–Crippen LogP) is 2.02. The van der Waals surface area contributed by atoms with Crippen LogP contribution in [0.2, 0.25) is 0 Å². The molecule has 3 nitrogen and oxygen atoms in total. The number of amides is 1. The molecule has 0 aliphatic heterocycles. The number of halogens is 2. The van der Waals surface area contributed by atoms with Gasteiger partial charge in [-0.15, -0.1) is 0 Å². The number of rotatable bonds is 1. The fourth-order valence-electron chi connectivity index (χ4n) is 0.754. The number of nitrogens with two attached hydrogens (primary N) is 1. The zero-order valence-electron chi connectivity index (χ0n) is 5.84. The van der Waals surface area contributed by atoms with E-state index in [2.05, 4.69) is 31.9 Å². The van der Waals surface area contributed by atoms with E-state index in [9.17, 15) is 9.90 Å². The molecule has 0 saturated heterocycles. The molecule has 0 unspecified atom stereocenters. The standard InChI is InChI=1S/C7H5Br2NO2/c8-3-1-4(7(10)12)6(11)5(9)2-3/h1-2,11H,(H2,10,12). The van der Waals surface area contributed by atoms with Crippen LogP contribution in [-0.4, -0.2) is 11.0 Å². The third kappa shape index (κ3) is 1.78. The highest BCUT2D eigenvalue weighted by atomic mass is 79.9. The molecule has 1 aromatic rings. The fraction of sp³-hybridized carbons (Fsp3) is 0. The van der Waals surface area contributed by atoms with Crippen LogP contribution in [0.5, 0.6) is 5.75 Å². The molecule has 1 amide bonds. The first-order valence-electron chi connectivity index (χ1n) is 3.00. The summed E-state index contributed by atoms with van der Waals surface area (Å²) in [5, 5.41) is 9.32. The van der Waals surface area contributed by atoms with Gasteiger partial charge in [-0.05, 0) is 28.1 Å². The molecule has 0 aliphatic carbocycles. The molecule has 0 saturated carbocycles. The minimum Gasteiger partial charge on any atom is -0.506 e. The smallest absolute Gasteiger partial charge is 0.252 e. The van der Waals surface area contributed by atoms with Gasteiger partial charge in [-0.25, -0.2) is 0 Å². The normalized spacial score (nSPS) is 9.83. The lowest BCUT2D eigenvalue weighted by Crippen LogP contribution is -2.11. The molecule has 1 rings (SSSR count). The quantitative estimate of drug-likeness (QED) is 0.832. The van der Waals surface area contributed by atoms with Crippen molar-refractivity contribution in [3.8, 4) is 5.75 Å². The topological polar surface area (TPSA) is 63.3 Å². The predicted molar refractivity (Wildman–Crippen MR) is 52.0 cm³/mol. The van der Waals surface area contributed by atoms with Crippen molar-refractivity contribution >= 4 is 37.8 Å². The number of phenols is 1. The van der Waals surface area contributed by atoms with E-state index >= 15 is 0 Å². The first-order valence-corrected chi connectivity index (χ1v) is 4.59. The van der Waals surface area contributed by atoms with Gasteiger partial charge in [0, 0.05) is 4.47 Å². The minimum atomic E-state index is -0.658. The third-order valence-corrected chi connectivity index (χ3v) is 2.36. The molecule has 0 atom stereocenters. The maximum Gasteiger partial charge on any atom is 0.252 e. The van der Waals surface area contributed by atoms with Crippen LogP contribution in [0.25, 0.3) is 0 Å². The summed E-state index contributed by atoms with van der Waals surface area (Å²) in [6, 6.07) is 3.09. The summed E-state index contributed by atoms with van der Waals surface area (Å²) >= 11 is 6.24. The second kappa shape index (κ2) is 3.45. The summed E-state index contributed by atoms with van der Waals surface area (Å²) < 4.78 is 1.12. The van der Waals surface area contributed by atoms with Crippen LogP contribution < -0.4 is 5.73 Å². The molecule has 5 heteroatoms. The maximum atomic E-state index is 10.7. The Morgan fingerprint density at radius 1 is 1.42 bits per heavy atom. The summed E-state index contributed by atoms with van der Waals surface area (Å²) in [5.41, 5.74) is 5.11. The lowest BCUT2D eigenvalue weighted by molar-refractivity contribution is 0.0997. The van der Waals surface area contributed by atoms with E-state index in [0.717, 1.165) is 0 Å². The highest BCUT2D eigenvalue weighted by Gasteiger charge is 2.11. The van der Waals surface area contributed by atoms with E-state index in [-0.39, 0.29) is 11.3 Å². The fourth-order valence-corrected chi connectivity index (χ4v) is 1.98. The molecule has 0 bridgehead atoms. The summed E-state index contributed by atoms with van der Waals surface area (Å²) in [6.07, 6.45) is 0. The van der Waals surface area contributed by atoms with Crippen molar-refractivity contribution in [2.24, 2.45) is 5.73 Å². The zero-order chi connectivity index (χ0) is 9.30. The number of aromatic hydroxyl groups is 1. The van der Waals surface area contributed by atoms with Crippen molar-refractivity contribution in [2.45, 2.75) is 0 Å². The lowest BCUT2D eigenvalue weighted by Gasteiger charge is -2.02. The Kier molecular flexibility index (Phi) is 2.74. The Labute approximate surface area is 85.8 Å². The number of hydrogen-bond donors (Lipinski definition) is 2. The molecule has 0 heterocycles. The lowest BCUT2D eigenvalue weighted by atomic mass is 10.2. The Hall–Kier alpha value is -0.550. The summed E-state index contributed by atoms with van der Waals surface area (Å²) in [6.45, 7) is 0. The van der Waals surface area contributed by atoms with Crippen LogP contribution in [0.15, 0.2) is 21.1 Å². The van der Waals surface area contributed by atoms with Gasteiger partial charge >= 0.3 is 0 Å². The van der Waals surface area contributed by atoms with Gasteiger partial charge < -0.3 is 10.8 Å². The van der Waals surface area contributed by atoms with E-state index in [1.165, 1.54) is 6.07 Å². The Morgan fingerprint density at radius 3 is 2.50 bits per heavy atom. The second-order valence-electron chi connectivity index (χ2n) is 2.15. The van der Waals surface area contributed by atoms with Gasteiger partial charge in [0.05, 0.1) is 10.0 Å². The van der Waals surface area contributed by atoms with Gasteiger partial charge in [0.2, 0.25) is 0 Å². The van der Waals surface area contributed by atoms with Crippen LogP contribution in [-0.2, 0) is 0 Å². The molecule has 0 radical (unpaired) electrons. The Balaban J connectivity index is 3.37. The van der Waals surface area contributed by atoms with Crippen molar-refractivity contribution in [1.29, 1.82) is 0 Å². The van der Waals surface area contributed by atoms with Crippen LogP contribution in [0, 0.1) is 0 Å². The largest absolute Gasteiger partial charge is 0.506 e. The molecular formula is C7H5Br2NO2. The number of benzene rings is 1. The first-order chi connectivity index (χ1) is 5.52. The van der Waals surface area contributed by atoms with Crippen molar-refractivity contribution in [3.05, 3.63) is 26.6 Å². The summed E-state index contributed by atoms with van der Waals surface area (Å²) in [5.74, 6) is -0.791. The molecular weight excluding hydrogens is 290 g/mol. The molecule has 0 aromatic heterocycles. The third-order valence-electron chi connectivity index (χ3n) is 1.29. The van der Waals surface area contributed by atoms with Crippen molar-refractivity contribution < 1.29 is 9.90 Å². The van der Waals surface area contributed by atoms with E-state index < -0.39 is 5.91 Å². The van der Waals surface area contributed by atoms with Crippen molar-refractivity contribution in [2.75, 3.05) is 0 Å². The van der Waals surface area contributed by atoms with Crippen LogP contribution in [0.4, 0.5) is 0 Å². The van der Waals surface area contributed by atoms with Crippen LogP contribution >= 0.6 is 31.9 Å². The Bertz CT molecular complexity index is 338. The molecule has 0 aliphatic rings. The van der Waals surface area contributed by atoms with Gasteiger partial charge in [-0.3, -0.25) is 4.79 Å². The van der Waals surface area contributed by atoms with Gasteiger partial charge in [0.15, 0.2) is 0 Å². The van der Waals surface area contributed by atoms with E-state index in [0.29, 0.717) is 8.95 Å². The van der Waals surface area contributed by atoms with Gasteiger partial charge in [-0.2, -0.15) is 0 Å². The van der Waals surface area contributed by atoms with Crippen molar-refractivity contribution in [3.63, 3.8) is 0 Å². The second-order valence-corrected chi connectivity index (χ2v) is 3.92. The number of carbonyl (C=O) groups is 1. The van der Waals surface area contributed by atoms with E-state index in [4.69, 9.17) is 5.73 Å². The summed E-state index contributed by atoms with van der Waals surface area (Å²) in [7, 11) is 0. The molecule has 0 spiro atoms. The zero-order valence-corrected chi connectivity index (χ0v) is 9.02. The molecule has 1 aromatic carbocycles. The monoisotopic (exact) mass is 293 g/mol. The summed E-state index contributed by atoms with van der Waals surface area (Å²) in [4.78, 5) is 10.7. The maximum absolute atomic E-state index is 10.7. The highest BCUT2D eigenvalue weighted by Crippen LogP contribution is 2.31.